The third-order valence-corrected chi connectivity index (χ3v) is 10.4. The van der Waals surface area contributed by atoms with Crippen LogP contribution in [0.3, 0.4) is 0 Å². The van der Waals surface area contributed by atoms with Gasteiger partial charge in [0.1, 0.15) is 0 Å². The Labute approximate surface area is 155 Å². The zero-order valence-electron chi connectivity index (χ0n) is 16.5. The molecule has 9 unspecified atom stereocenters. The van der Waals surface area contributed by atoms with Crippen LogP contribution in [-0.4, -0.2) is 11.7 Å². The maximum atomic E-state index is 10.3. The SMILES string of the molecule is CCC1CCC2(CO)CCC3C4CCC5CCCCC5C4CCC3C12. The molecule has 0 bridgehead atoms. The molecule has 25 heavy (non-hydrogen) atoms. The zero-order valence-corrected chi connectivity index (χ0v) is 16.5. The van der Waals surface area contributed by atoms with Crippen molar-refractivity contribution >= 4 is 0 Å². The molecular weight excluding hydrogens is 304 g/mol. The molecule has 142 valence electrons. The fraction of sp³-hybridized carbons (Fsp3) is 1.00. The van der Waals surface area contributed by atoms with E-state index in [2.05, 4.69) is 6.92 Å². The Hall–Kier alpha value is -0.0400. The summed E-state index contributed by atoms with van der Waals surface area (Å²) in [5, 5.41) is 10.3. The van der Waals surface area contributed by atoms with Gasteiger partial charge < -0.3 is 5.11 Å². The van der Waals surface area contributed by atoms with Crippen LogP contribution in [0, 0.1) is 52.8 Å². The topological polar surface area (TPSA) is 20.2 Å². The smallest absolute Gasteiger partial charge is 0.0490 e. The monoisotopic (exact) mass is 344 g/mol. The summed E-state index contributed by atoms with van der Waals surface area (Å²) in [6.45, 7) is 2.90. The zero-order chi connectivity index (χ0) is 17.0. The van der Waals surface area contributed by atoms with E-state index in [0.717, 1.165) is 47.3 Å². The molecular formula is C24H40O. The van der Waals surface area contributed by atoms with Crippen molar-refractivity contribution in [3.8, 4) is 0 Å². The second kappa shape index (κ2) is 6.54. The Balaban J connectivity index is 1.40. The molecule has 9 atom stereocenters. The van der Waals surface area contributed by atoms with Gasteiger partial charge in [0.05, 0.1) is 0 Å². The van der Waals surface area contributed by atoms with E-state index in [1.54, 1.807) is 32.1 Å². The van der Waals surface area contributed by atoms with E-state index >= 15 is 0 Å². The van der Waals surface area contributed by atoms with Gasteiger partial charge in [0.2, 0.25) is 0 Å². The second-order valence-electron chi connectivity index (χ2n) is 10.8. The van der Waals surface area contributed by atoms with Gasteiger partial charge in [-0.2, -0.15) is 0 Å². The highest BCUT2D eigenvalue weighted by molar-refractivity contribution is 5.08. The minimum Gasteiger partial charge on any atom is -0.396 e. The summed E-state index contributed by atoms with van der Waals surface area (Å²) in [5.41, 5.74) is 0.330. The Bertz CT molecular complexity index is 486. The van der Waals surface area contributed by atoms with Crippen LogP contribution in [0.15, 0.2) is 0 Å². The molecule has 5 aliphatic carbocycles. The van der Waals surface area contributed by atoms with Crippen molar-refractivity contribution in [1.82, 2.24) is 0 Å². The molecule has 0 spiro atoms. The fourth-order valence-corrected chi connectivity index (χ4v) is 9.44. The van der Waals surface area contributed by atoms with Gasteiger partial charge >= 0.3 is 0 Å². The highest BCUT2D eigenvalue weighted by atomic mass is 16.3. The Morgan fingerprint density at radius 1 is 0.720 bits per heavy atom. The van der Waals surface area contributed by atoms with E-state index in [4.69, 9.17) is 0 Å². The summed E-state index contributed by atoms with van der Waals surface area (Å²) >= 11 is 0. The van der Waals surface area contributed by atoms with Crippen molar-refractivity contribution in [2.45, 2.75) is 90.4 Å². The van der Waals surface area contributed by atoms with Gasteiger partial charge in [-0.1, -0.05) is 32.6 Å². The Morgan fingerprint density at radius 2 is 1.40 bits per heavy atom. The van der Waals surface area contributed by atoms with E-state index in [1.165, 1.54) is 51.4 Å². The molecule has 0 saturated heterocycles. The lowest BCUT2D eigenvalue weighted by atomic mass is 9.46. The maximum absolute atomic E-state index is 10.3. The molecule has 0 amide bonds. The van der Waals surface area contributed by atoms with E-state index < -0.39 is 0 Å². The number of aliphatic hydroxyl groups is 1. The van der Waals surface area contributed by atoms with Gasteiger partial charge in [-0.15, -0.1) is 0 Å². The number of hydrogen-bond donors (Lipinski definition) is 1. The van der Waals surface area contributed by atoms with Gasteiger partial charge in [-0.3, -0.25) is 0 Å². The van der Waals surface area contributed by atoms with Crippen molar-refractivity contribution in [2.75, 3.05) is 6.61 Å². The first-order chi connectivity index (χ1) is 12.3. The Morgan fingerprint density at radius 3 is 2.24 bits per heavy atom. The number of rotatable bonds is 2. The summed E-state index contributed by atoms with van der Waals surface area (Å²) in [6.07, 6.45) is 19.2. The predicted molar refractivity (Wildman–Crippen MR) is 103 cm³/mol. The van der Waals surface area contributed by atoms with Gasteiger partial charge in [-0.25, -0.2) is 0 Å². The van der Waals surface area contributed by atoms with Crippen molar-refractivity contribution in [2.24, 2.45) is 52.8 Å². The van der Waals surface area contributed by atoms with E-state index in [-0.39, 0.29) is 0 Å². The first-order valence-corrected chi connectivity index (χ1v) is 11.9. The van der Waals surface area contributed by atoms with Crippen LogP contribution in [0.2, 0.25) is 0 Å². The summed E-state index contributed by atoms with van der Waals surface area (Å²) < 4.78 is 0. The lowest BCUT2D eigenvalue weighted by Gasteiger charge is -2.59. The molecule has 1 nitrogen and oxygen atoms in total. The molecule has 1 N–H and O–H groups in total. The normalized spacial score (nSPS) is 55.0. The Kier molecular flexibility index (Phi) is 4.47. The van der Waals surface area contributed by atoms with Gasteiger partial charge in [-0.05, 0) is 111 Å². The maximum Gasteiger partial charge on any atom is 0.0490 e. The van der Waals surface area contributed by atoms with Crippen LogP contribution in [0.4, 0.5) is 0 Å². The van der Waals surface area contributed by atoms with Crippen LogP contribution in [-0.2, 0) is 0 Å². The molecule has 0 aliphatic heterocycles. The van der Waals surface area contributed by atoms with Crippen molar-refractivity contribution in [3.63, 3.8) is 0 Å². The minimum atomic E-state index is 0.330. The summed E-state index contributed by atoms with van der Waals surface area (Å²) in [7, 11) is 0. The molecule has 1 heteroatoms. The summed E-state index contributed by atoms with van der Waals surface area (Å²) in [4.78, 5) is 0. The molecule has 5 aliphatic rings. The molecule has 5 saturated carbocycles. The molecule has 0 radical (unpaired) electrons. The number of aliphatic hydroxyl groups excluding tert-OH is 1. The third kappa shape index (κ3) is 2.50. The quantitative estimate of drug-likeness (QED) is 0.646. The minimum absolute atomic E-state index is 0.330. The molecule has 0 aromatic heterocycles. The van der Waals surface area contributed by atoms with Crippen LogP contribution in [0.5, 0.6) is 0 Å². The molecule has 0 heterocycles. The van der Waals surface area contributed by atoms with E-state index in [1.807, 2.05) is 0 Å². The second-order valence-corrected chi connectivity index (χ2v) is 10.8. The average Bonchev–Trinajstić information content (AvgIpc) is 3.07. The number of hydrogen-bond acceptors (Lipinski definition) is 1. The van der Waals surface area contributed by atoms with E-state index in [9.17, 15) is 5.11 Å². The third-order valence-electron chi connectivity index (χ3n) is 10.4. The fourth-order valence-electron chi connectivity index (χ4n) is 9.44. The first-order valence-electron chi connectivity index (χ1n) is 11.9. The van der Waals surface area contributed by atoms with Gasteiger partial charge in [0.15, 0.2) is 0 Å². The van der Waals surface area contributed by atoms with Crippen molar-refractivity contribution in [3.05, 3.63) is 0 Å². The van der Waals surface area contributed by atoms with Gasteiger partial charge in [0, 0.05) is 6.61 Å². The van der Waals surface area contributed by atoms with Crippen LogP contribution in [0.1, 0.15) is 90.4 Å². The lowest BCUT2D eigenvalue weighted by molar-refractivity contribution is -0.109. The lowest BCUT2D eigenvalue weighted by Crippen LogP contribution is -2.52. The van der Waals surface area contributed by atoms with Crippen LogP contribution >= 0.6 is 0 Å². The largest absolute Gasteiger partial charge is 0.396 e. The van der Waals surface area contributed by atoms with Gasteiger partial charge in [0.25, 0.3) is 0 Å². The molecule has 5 fully saturated rings. The van der Waals surface area contributed by atoms with E-state index in [0.29, 0.717) is 12.0 Å². The summed E-state index contributed by atoms with van der Waals surface area (Å²) in [5.74, 6) is 8.13. The number of fused-ring (bicyclic) bond motifs is 7. The molecule has 0 aromatic carbocycles. The standard InChI is InChI=1S/C24H40O/c1-2-16-11-13-24(15-25)14-12-21-20-8-7-17-5-3-4-6-18(17)19(20)9-10-22(21)23(16)24/h16-23,25H,2-15H2,1H3. The molecule has 5 rings (SSSR count). The summed E-state index contributed by atoms with van der Waals surface area (Å²) in [6, 6.07) is 0. The first kappa shape index (κ1) is 17.1. The van der Waals surface area contributed by atoms with Crippen LogP contribution < -0.4 is 0 Å². The highest BCUT2D eigenvalue weighted by Crippen LogP contribution is 2.65. The predicted octanol–water partition coefficient (Wildman–Crippen LogP) is 6.05. The van der Waals surface area contributed by atoms with Crippen molar-refractivity contribution < 1.29 is 5.11 Å². The van der Waals surface area contributed by atoms with Crippen LogP contribution in [0.25, 0.3) is 0 Å². The molecule has 0 aromatic rings. The average molecular weight is 345 g/mol. The van der Waals surface area contributed by atoms with Crippen molar-refractivity contribution in [1.29, 1.82) is 0 Å². The highest BCUT2D eigenvalue weighted by Gasteiger charge is 2.58.